The Morgan fingerprint density at radius 1 is 1.75 bits per heavy atom. The van der Waals surface area contributed by atoms with Gasteiger partial charge in [0.1, 0.15) is 6.17 Å². The van der Waals surface area contributed by atoms with Gasteiger partial charge in [-0.05, 0) is 6.42 Å². The zero-order valence-corrected chi connectivity index (χ0v) is 4.60. The van der Waals surface area contributed by atoms with Crippen LogP contribution in [0.3, 0.4) is 0 Å². The van der Waals surface area contributed by atoms with Crippen molar-refractivity contribution < 1.29 is 4.39 Å². The lowest BCUT2D eigenvalue weighted by Gasteiger charge is -1.97. The summed E-state index contributed by atoms with van der Waals surface area (Å²) in [7, 11) is 0. The van der Waals surface area contributed by atoms with Gasteiger partial charge in [-0.2, -0.15) is 5.26 Å². The van der Waals surface area contributed by atoms with Crippen LogP contribution in [0.15, 0.2) is 0 Å². The first-order valence-corrected chi connectivity index (χ1v) is 2.52. The van der Waals surface area contributed by atoms with Gasteiger partial charge in [-0.3, -0.25) is 0 Å². The molecule has 0 saturated heterocycles. The van der Waals surface area contributed by atoms with Crippen molar-refractivity contribution in [1.82, 2.24) is 0 Å². The highest BCUT2D eigenvalue weighted by molar-refractivity contribution is 4.71. The van der Waals surface area contributed by atoms with Crippen LogP contribution in [0.1, 0.15) is 12.8 Å². The van der Waals surface area contributed by atoms with Crippen molar-refractivity contribution in [3.05, 3.63) is 0 Å². The molecular formula is C5H9FN2. The zero-order valence-electron chi connectivity index (χ0n) is 4.60. The SMILES string of the molecule is N#CCC[C@H](F)CN. The summed E-state index contributed by atoms with van der Waals surface area (Å²) in [4.78, 5) is 0. The summed E-state index contributed by atoms with van der Waals surface area (Å²) in [6.07, 6.45) is -0.458. The third-order valence-electron chi connectivity index (χ3n) is 0.825. The van der Waals surface area contributed by atoms with E-state index in [1.165, 1.54) is 0 Å². The van der Waals surface area contributed by atoms with Gasteiger partial charge in [0.2, 0.25) is 0 Å². The molecule has 0 aromatic carbocycles. The fourth-order valence-corrected chi connectivity index (χ4v) is 0.339. The second-order valence-electron chi connectivity index (χ2n) is 1.53. The summed E-state index contributed by atoms with van der Waals surface area (Å²) < 4.78 is 12.0. The van der Waals surface area contributed by atoms with Crippen molar-refractivity contribution in [2.24, 2.45) is 5.73 Å². The van der Waals surface area contributed by atoms with E-state index in [-0.39, 0.29) is 19.4 Å². The Balaban J connectivity index is 3.01. The molecule has 0 aromatic heterocycles. The number of rotatable bonds is 3. The molecule has 46 valence electrons. The smallest absolute Gasteiger partial charge is 0.113 e. The van der Waals surface area contributed by atoms with Crippen LogP contribution in [0, 0.1) is 11.3 Å². The van der Waals surface area contributed by atoms with Crippen molar-refractivity contribution in [3.63, 3.8) is 0 Å². The molecule has 8 heavy (non-hydrogen) atoms. The van der Waals surface area contributed by atoms with E-state index in [0.29, 0.717) is 0 Å². The van der Waals surface area contributed by atoms with Gasteiger partial charge in [-0.15, -0.1) is 0 Å². The molecule has 0 aromatic rings. The molecule has 3 heteroatoms. The predicted octanol–water partition coefficient (Wildman–Crippen LogP) is 0.587. The molecule has 0 rings (SSSR count). The number of nitrogens with two attached hydrogens (primary N) is 1. The maximum Gasteiger partial charge on any atom is 0.113 e. The molecule has 0 fully saturated rings. The molecule has 0 saturated carbocycles. The Labute approximate surface area is 48.1 Å². The molecule has 2 N–H and O–H groups in total. The molecule has 0 aliphatic heterocycles. The molecule has 0 aliphatic carbocycles. The second-order valence-corrected chi connectivity index (χ2v) is 1.53. The third-order valence-corrected chi connectivity index (χ3v) is 0.825. The Morgan fingerprint density at radius 3 is 2.75 bits per heavy atom. The van der Waals surface area contributed by atoms with E-state index in [2.05, 4.69) is 0 Å². The third kappa shape index (κ3) is 3.57. The number of nitriles is 1. The summed E-state index contributed by atoms with van der Waals surface area (Å²) in [6, 6.07) is 1.84. The molecule has 0 radical (unpaired) electrons. The zero-order chi connectivity index (χ0) is 6.41. The monoisotopic (exact) mass is 116 g/mol. The molecule has 1 atom stereocenters. The number of halogens is 1. The molecule has 2 nitrogen and oxygen atoms in total. The maximum atomic E-state index is 12.0. The Morgan fingerprint density at radius 2 is 2.38 bits per heavy atom. The largest absolute Gasteiger partial charge is 0.328 e. The quantitative estimate of drug-likeness (QED) is 0.586. The van der Waals surface area contributed by atoms with Gasteiger partial charge >= 0.3 is 0 Å². The normalized spacial score (nSPS) is 12.6. The Bertz CT molecular complexity index is 86.9. The van der Waals surface area contributed by atoms with E-state index in [9.17, 15) is 4.39 Å². The van der Waals surface area contributed by atoms with E-state index in [1.807, 2.05) is 6.07 Å². The summed E-state index contributed by atoms with van der Waals surface area (Å²) in [5.41, 5.74) is 4.93. The lowest BCUT2D eigenvalue weighted by atomic mass is 10.2. The van der Waals surface area contributed by atoms with E-state index in [0.717, 1.165) is 0 Å². The number of hydrogen-bond acceptors (Lipinski definition) is 2. The van der Waals surface area contributed by atoms with Crippen molar-refractivity contribution in [3.8, 4) is 6.07 Å². The van der Waals surface area contributed by atoms with E-state index < -0.39 is 6.17 Å². The van der Waals surface area contributed by atoms with Gasteiger partial charge in [0.15, 0.2) is 0 Å². The van der Waals surface area contributed by atoms with Crippen molar-refractivity contribution >= 4 is 0 Å². The highest BCUT2D eigenvalue weighted by Gasteiger charge is 2.00. The van der Waals surface area contributed by atoms with Gasteiger partial charge in [0.25, 0.3) is 0 Å². The van der Waals surface area contributed by atoms with Crippen LogP contribution in [-0.4, -0.2) is 12.7 Å². The van der Waals surface area contributed by atoms with Crippen LogP contribution in [0.5, 0.6) is 0 Å². The van der Waals surface area contributed by atoms with Gasteiger partial charge < -0.3 is 5.73 Å². The average Bonchev–Trinajstić information content (AvgIpc) is 1.83. The minimum Gasteiger partial charge on any atom is -0.328 e. The number of alkyl halides is 1. The summed E-state index contributed by atoms with van der Waals surface area (Å²) in [5, 5.41) is 7.95. The number of nitrogens with zero attached hydrogens (tertiary/aromatic N) is 1. The fourth-order valence-electron chi connectivity index (χ4n) is 0.339. The molecule has 0 heterocycles. The predicted molar refractivity (Wildman–Crippen MR) is 28.8 cm³/mol. The van der Waals surface area contributed by atoms with Gasteiger partial charge in [-0.25, -0.2) is 4.39 Å². The topological polar surface area (TPSA) is 49.8 Å². The van der Waals surface area contributed by atoms with E-state index >= 15 is 0 Å². The molecule has 0 bridgehead atoms. The second kappa shape index (κ2) is 4.54. The van der Waals surface area contributed by atoms with Crippen LogP contribution in [0.2, 0.25) is 0 Å². The molecule has 0 aliphatic rings. The summed E-state index contributed by atoms with van der Waals surface area (Å²) in [5.74, 6) is 0. The van der Waals surface area contributed by atoms with Crippen LogP contribution >= 0.6 is 0 Å². The summed E-state index contributed by atoms with van der Waals surface area (Å²) in [6.45, 7) is 0.0294. The first kappa shape index (κ1) is 7.38. The lowest BCUT2D eigenvalue weighted by molar-refractivity contribution is 0.325. The van der Waals surface area contributed by atoms with Gasteiger partial charge in [0, 0.05) is 13.0 Å². The fraction of sp³-hybridized carbons (Fsp3) is 0.800. The highest BCUT2D eigenvalue weighted by Crippen LogP contribution is 1.97. The molecule has 0 amide bonds. The molecular weight excluding hydrogens is 107 g/mol. The Kier molecular flexibility index (Phi) is 4.19. The van der Waals surface area contributed by atoms with E-state index in [1.54, 1.807) is 0 Å². The summed E-state index contributed by atoms with van der Waals surface area (Å²) >= 11 is 0. The molecule has 0 unspecified atom stereocenters. The first-order chi connectivity index (χ1) is 3.81. The number of hydrogen-bond donors (Lipinski definition) is 1. The van der Waals surface area contributed by atoms with Gasteiger partial charge in [0.05, 0.1) is 6.07 Å². The highest BCUT2D eigenvalue weighted by atomic mass is 19.1. The van der Waals surface area contributed by atoms with Crippen LogP contribution < -0.4 is 5.73 Å². The lowest BCUT2D eigenvalue weighted by Crippen LogP contribution is -2.14. The van der Waals surface area contributed by atoms with Crippen LogP contribution in [0.4, 0.5) is 4.39 Å². The van der Waals surface area contributed by atoms with Crippen molar-refractivity contribution in [2.75, 3.05) is 6.54 Å². The first-order valence-electron chi connectivity index (χ1n) is 2.52. The minimum atomic E-state index is -0.991. The van der Waals surface area contributed by atoms with Crippen LogP contribution in [0.25, 0.3) is 0 Å². The minimum absolute atomic E-state index is 0.0294. The van der Waals surface area contributed by atoms with E-state index in [4.69, 9.17) is 11.0 Å². The van der Waals surface area contributed by atoms with Crippen LogP contribution in [-0.2, 0) is 0 Å². The molecule has 0 spiro atoms. The average molecular weight is 116 g/mol. The van der Waals surface area contributed by atoms with Gasteiger partial charge in [-0.1, -0.05) is 0 Å². The standard InChI is InChI=1S/C5H9FN2/c6-5(4-8)2-1-3-7/h5H,1-2,4,8H2/t5-/m0/s1. The van der Waals surface area contributed by atoms with Crippen molar-refractivity contribution in [1.29, 1.82) is 5.26 Å². The Hall–Kier alpha value is -0.620. The van der Waals surface area contributed by atoms with Crippen molar-refractivity contribution in [2.45, 2.75) is 19.0 Å². The maximum absolute atomic E-state index is 12.0.